The Labute approximate surface area is 97.0 Å². The number of nitrogens with one attached hydrogen (secondary N) is 1. The zero-order chi connectivity index (χ0) is 12.3. The SMILES string of the molecule is CC(C)(C)OC(=O)c1ccsc1NC(=O)O. The number of anilines is 1. The molecule has 0 aliphatic rings. The highest BCUT2D eigenvalue weighted by Gasteiger charge is 2.21. The number of carboxylic acid groups (broad SMARTS) is 1. The summed E-state index contributed by atoms with van der Waals surface area (Å²) in [4.78, 5) is 22.1. The van der Waals surface area contributed by atoms with Crippen molar-refractivity contribution in [3.63, 3.8) is 0 Å². The van der Waals surface area contributed by atoms with Crippen molar-refractivity contribution in [3.05, 3.63) is 17.0 Å². The lowest BCUT2D eigenvalue weighted by molar-refractivity contribution is 0.00713. The maximum Gasteiger partial charge on any atom is 0.409 e. The van der Waals surface area contributed by atoms with Gasteiger partial charge in [0, 0.05) is 0 Å². The molecule has 88 valence electrons. The van der Waals surface area contributed by atoms with Gasteiger partial charge >= 0.3 is 12.1 Å². The van der Waals surface area contributed by atoms with E-state index in [1.807, 2.05) is 0 Å². The lowest BCUT2D eigenvalue weighted by atomic mass is 10.2. The first kappa shape index (κ1) is 12.5. The summed E-state index contributed by atoms with van der Waals surface area (Å²) >= 11 is 1.14. The number of esters is 1. The van der Waals surface area contributed by atoms with Crippen LogP contribution >= 0.6 is 11.3 Å². The van der Waals surface area contributed by atoms with Gasteiger partial charge in [-0.05, 0) is 32.2 Å². The predicted molar refractivity (Wildman–Crippen MR) is 61.1 cm³/mol. The fourth-order valence-electron chi connectivity index (χ4n) is 0.997. The van der Waals surface area contributed by atoms with Crippen molar-refractivity contribution in [2.45, 2.75) is 26.4 Å². The molecule has 0 unspecified atom stereocenters. The van der Waals surface area contributed by atoms with Crippen molar-refractivity contribution in [1.82, 2.24) is 0 Å². The van der Waals surface area contributed by atoms with Crippen LogP contribution in [0.3, 0.4) is 0 Å². The average molecular weight is 243 g/mol. The normalized spacial score (nSPS) is 10.9. The standard InChI is InChI=1S/C10H13NO4S/c1-10(2,3)15-8(12)6-4-5-16-7(6)11-9(13)14/h4-5,11H,1-3H3,(H,13,14). The molecule has 16 heavy (non-hydrogen) atoms. The fraction of sp³-hybridized carbons (Fsp3) is 0.400. The van der Waals surface area contributed by atoms with Crippen LogP contribution in [0.25, 0.3) is 0 Å². The van der Waals surface area contributed by atoms with Crippen LogP contribution in [0.5, 0.6) is 0 Å². The van der Waals surface area contributed by atoms with Crippen LogP contribution in [0.1, 0.15) is 31.1 Å². The largest absolute Gasteiger partial charge is 0.465 e. The monoisotopic (exact) mass is 243 g/mol. The summed E-state index contributed by atoms with van der Waals surface area (Å²) in [5.41, 5.74) is -0.359. The van der Waals surface area contributed by atoms with Gasteiger partial charge in [-0.25, -0.2) is 9.59 Å². The average Bonchev–Trinajstić information content (AvgIpc) is 2.47. The minimum atomic E-state index is -1.20. The minimum absolute atomic E-state index is 0.238. The van der Waals surface area contributed by atoms with Gasteiger partial charge in [-0.3, -0.25) is 5.32 Å². The number of thiophene rings is 1. The summed E-state index contributed by atoms with van der Waals surface area (Å²) in [6.45, 7) is 5.25. The zero-order valence-electron chi connectivity index (χ0n) is 9.23. The lowest BCUT2D eigenvalue weighted by Gasteiger charge is -2.19. The minimum Gasteiger partial charge on any atom is -0.465 e. The third-order valence-electron chi connectivity index (χ3n) is 1.50. The molecule has 1 amide bonds. The van der Waals surface area contributed by atoms with Crippen molar-refractivity contribution >= 4 is 28.4 Å². The quantitative estimate of drug-likeness (QED) is 0.783. The van der Waals surface area contributed by atoms with Crippen molar-refractivity contribution in [2.75, 3.05) is 5.32 Å². The number of ether oxygens (including phenoxy) is 1. The number of carbonyl (C=O) groups excluding carboxylic acids is 1. The van der Waals surface area contributed by atoms with E-state index >= 15 is 0 Å². The number of hydrogen-bond acceptors (Lipinski definition) is 4. The second-order valence-electron chi connectivity index (χ2n) is 4.10. The van der Waals surface area contributed by atoms with Gasteiger partial charge in [0.15, 0.2) is 0 Å². The first-order valence-electron chi connectivity index (χ1n) is 4.60. The maximum atomic E-state index is 11.7. The van der Waals surface area contributed by atoms with E-state index in [-0.39, 0.29) is 10.6 Å². The summed E-state index contributed by atoms with van der Waals surface area (Å²) in [6.07, 6.45) is -1.20. The molecule has 0 fully saturated rings. The second-order valence-corrected chi connectivity index (χ2v) is 5.01. The van der Waals surface area contributed by atoms with E-state index in [9.17, 15) is 9.59 Å². The molecule has 6 heteroatoms. The molecule has 1 aromatic heterocycles. The highest BCUT2D eigenvalue weighted by atomic mass is 32.1. The molecule has 0 aliphatic heterocycles. The summed E-state index contributed by atoms with van der Waals surface area (Å²) in [6, 6.07) is 1.53. The van der Waals surface area contributed by atoms with Crippen LogP contribution in [-0.2, 0) is 4.74 Å². The molecule has 1 aromatic rings. The Morgan fingerprint density at radius 2 is 2.06 bits per heavy atom. The number of amides is 1. The molecule has 0 bridgehead atoms. The van der Waals surface area contributed by atoms with Gasteiger partial charge in [-0.15, -0.1) is 11.3 Å². The number of carbonyl (C=O) groups is 2. The van der Waals surface area contributed by atoms with E-state index in [4.69, 9.17) is 9.84 Å². The zero-order valence-corrected chi connectivity index (χ0v) is 10.1. The topological polar surface area (TPSA) is 75.6 Å². The Morgan fingerprint density at radius 1 is 1.44 bits per heavy atom. The highest BCUT2D eigenvalue weighted by Crippen LogP contribution is 2.25. The molecule has 5 nitrogen and oxygen atoms in total. The van der Waals surface area contributed by atoms with Crippen LogP contribution in [-0.4, -0.2) is 22.8 Å². The molecule has 0 radical (unpaired) electrons. The van der Waals surface area contributed by atoms with Crippen molar-refractivity contribution < 1.29 is 19.4 Å². The van der Waals surface area contributed by atoms with Crippen LogP contribution in [0, 0.1) is 0 Å². The molecule has 1 rings (SSSR count). The van der Waals surface area contributed by atoms with E-state index in [0.717, 1.165) is 11.3 Å². The van der Waals surface area contributed by atoms with Gasteiger partial charge in [0.1, 0.15) is 10.6 Å². The predicted octanol–water partition coefficient (Wildman–Crippen LogP) is 2.79. The van der Waals surface area contributed by atoms with Gasteiger partial charge in [0.2, 0.25) is 0 Å². The van der Waals surface area contributed by atoms with Crippen LogP contribution in [0.4, 0.5) is 9.80 Å². The number of hydrogen-bond donors (Lipinski definition) is 2. The molecule has 1 heterocycles. The third-order valence-corrected chi connectivity index (χ3v) is 2.33. The van der Waals surface area contributed by atoms with Gasteiger partial charge in [0.25, 0.3) is 0 Å². The molecule has 0 spiro atoms. The summed E-state index contributed by atoms with van der Waals surface area (Å²) in [7, 11) is 0. The lowest BCUT2D eigenvalue weighted by Crippen LogP contribution is -2.24. The Hall–Kier alpha value is -1.56. The molecular weight excluding hydrogens is 230 g/mol. The molecular formula is C10H13NO4S. The van der Waals surface area contributed by atoms with E-state index in [1.54, 1.807) is 26.2 Å². The third kappa shape index (κ3) is 3.54. The summed E-state index contributed by atoms with van der Waals surface area (Å²) in [5.74, 6) is -0.530. The first-order valence-corrected chi connectivity index (χ1v) is 5.48. The Morgan fingerprint density at radius 3 is 2.56 bits per heavy atom. The van der Waals surface area contributed by atoms with E-state index in [1.165, 1.54) is 6.07 Å². The molecule has 0 aromatic carbocycles. The van der Waals surface area contributed by atoms with Crippen molar-refractivity contribution in [3.8, 4) is 0 Å². The van der Waals surface area contributed by atoms with Crippen LogP contribution in [0.2, 0.25) is 0 Å². The highest BCUT2D eigenvalue weighted by molar-refractivity contribution is 7.14. The Bertz CT molecular complexity index is 405. The summed E-state index contributed by atoms with van der Waals surface area (Å²) in [5, 5.41) is 12.6. The first-order chi connectivity index (χ1) is 7.29. The van der Waals surface area contributed by atoms with Crippen molar-refractivity contribution in [1.29, 1.82) is 0 Å². The molecule has 0 saturated carbocycles. The molecule has 2 N–H and O–H groups in total. The smallest absolute Gasteiger partial charge is 0.409 e. The maximum absolute atomic E-state index is 11.7. The molecule has 0 aliphatic carbocycles. The Balaban J connectivity index is 2.84. The fourth-order valence-corrected chi connectivity index (χ4v) is 1.76. The van der Waals surface area contributed by atoms with E-state index < -0.39 is 17.7 Å². The second kappa shape index (κ2) is 4.52. The van der Waals surface area contributed by atoms with Gasteiger partial charge < -0.3 is 9.84 Å². The van der Waals surface area contributed by atoms with E-state index in [2.05, 4.69) is 5.32 Å². The van der Waals surface area contributed by atoms with Gasteiger partial charge in [0.05, 0.1) is 5.56 Å². The van der Waals surface area contributed by atoms with E-state index in [0.29, 0.717) is 0 Å². The van der Waals surface area contributed by atoms with Crippen LogP contribution < -0.4 is 5.32 Å². The molecule has 0 atom stereocenters. The van der Waals surface area contributed by atoms with Crippen LogP contribution in [0.15, 0.2) is 11.4 Å². The van der Waals surface area contributed by atoms with Gasteiger partial charge in [-0.1, -0.05) is 0 Å². The van der Waals surface area contributed by atoms with Gasteiger partial charge in [-0.2, -0.15) is 0 Å². The Kier molecular flexibility index (Phi) is 3.54. The molecule has 0 saturated heterocycles. The van der Waals surface area contributed by atoms with Crippen molar-refractivity contribution in [2.24, 2.45) is 0 Å². The summed E-state index contributed by atoms with van der Waals surface area (Å²) < 4.78 is 5.14. The number of rotatable bonds is 2.